The Morgan fingerprint density at radius 3 is 2.27 bits per heavy atom. The number of piperazine rings is 1. The van der Waals surface area contributed by atoms with Crippen LogP contribution in [-0.4, -0.2) is 72.6 Å². The third kappa shape index (κ3) is 4.68. The highest BCUT2D eigenvalue weighted by Gasteiger charge is 2.34. The third-order valence-corrected chi connectivity index (χ3v) is 4.34. The Bertz CT molecular complexity index is 411. The Hall–Kier alpha value is -1.14. The van der Waals surface area contributed by atoms with Crippen LogP contribution in [0.1, 0.15) is 34.1 Å². The highest BCUT2D eigenvalue weighted by molar-refractivity contribution is 5.73. The number of piperidine rings is 1. The van der Waals surface area contributed by atoms with Crippen LogP contribution in [0.3, 0.4) is 0 Å². The zero-order valence-corrected chi connectivity index (χ0v) is 14.2. The van der Waals surface area contributed by atoms with E-state index in [2.05, 4.69) is 10.2 Å². The van der Waals surface area contributed by atoms with E-state index in [0.29, 0.717) is 12.6 Å². The molecule has 0 aromatic carbocycles. The lowest BCUT2D eigenvalue weighted by atomic mass is 9.94. The molecular weight excluding hydrogens is 282 g/mol. The van der Waals surface area contributed by atoms with Crippen LogP contribution >= 0.6 is 0 Å². The fraction of sp³-hybridized carbons (Fsp3) is 0.875. The van der Waals surface area contributed by atoms with Crippen LogP contribution in [0.5, 0.6) is 0 Å². The predicted octanol–water partition coefficient (Wildman–Crippen LogP) is 0.470. The van der Waals surface area contributed by atoms with Crippen molar-refractivity contribution in [1.82, 2.24) is 15.1 Å². The highest BCUT2D eigenvalue weighted by atomic mass is 16.6. The average molecular weight is 311 g/mol. The number of hydrogen-bond acceptors (Lipinski definition) is 5. The van der Waals surface area contributed by atoms with Gasteiger partial charge in [0.25, 0.3) is 0 Å². The first-order valence-corrected chi connectivity index (χ1v) is 8.19. The summed E-state index contributed by atoms with van der Waals surface area (Å²) in [5.74, 6) is -0.0380. The Morgan fingerprint density at radius 1 is 1.09 bits per heavy atom. The first kappa shape index (κ1) is 17.2. The van der Waals surface area contributed by atoms with Crippen molar-refractivity contribution >= 4 is 11.9 Å². The molecule has 0 aromatic heterocycles. The van der Waals surface area contributed by atoms with Crippen molar-refractivity contribution in [3.05, 3.63) is 0 Å². The first-order valence-electron chi connectivity index (χ1n) is 8.19. The number of nitrogens with one attached hydrogen (secondary N) is 1. The summed E-state index contributed by atoms with van der Waals surface area (Å²) in [5, 5.41) is 3.36. The van der Waals surface area contributed by atoms with E-state index in [1.807, 2.05) is 25.7 Å². The van der Waals surface area contributed by atoms with Crippen molar-refractivity contribution in [2.24, 2.45) is 5.92 Å². The Morgan fingerprint density at radius 2 is 1.73 bits per heavy atom. The number of rotatable bonds is 2. The van der Waals surface area contributed by atoms with Gasteiger partial charge in [-0.1, -0.05) is 0 Å². The molecule has 126 valence electrons. The van der Waals surface area contributed by atoms with Gasteiger partial charge in [-0.05, 0) is 27.2 Å². The van der Waals surface area contributed by atoms with E-state index in [1.165, 1.54) is 0 Å². The average Bonchev–Trinajstić information content (AvgIpc) is 2.46. The maximum absolute atomic E-state index is 12.2. The summed E-state index contributed by atoms with van der Waals surface area (Å²) in [6.07, 6.45) is 0.835. The van der Waals surface area contributed by atoms with Crippen molar-refractivity contribution in [1.29, 1.82) is 0 Å². The van der Waals surface area contributed by atoms with Gasteiger partial charge < -0.3 is 15.0 Å². The number of hydrogen-bond donors (Lipinski definition) is 1. The summed E-state index contributed by atoms with van der Waals surface area (Å²) in [4.78, 5) is 27.9. The quantitative estimate of drug-likeness (QED) is 0.751. The van der Waals surface area contributed by atoms with Crippen LogP contribution in [0, 0.1) is 5.92 Å². The van der Waals surface area contributed by atoms with Crippen molar-refractivity contribution in [3.63, 3.8) is 0 Å². The van der Waals surface area contributed by atoms with Crippen molar-refractivity contribution in [2.75, 3.05) is 39.3 Å². The number of amides is 1. The first-order chi connectivity index (χ1) is 10.3. The number of carbonyl (C=O) groups excluding carboxylic acids is 2. The van der Waals surface area contributed by atoms with Gasteiger partial charge in [-0.15, -0.1) is 0 Å². The normalized spacial score (nSPS) is 27.5. The smallest absolute Gasteiger partial charge is 0.310 e. The fourth-order valence-electron chi connectivity index (χ4n) is 3.16. The second-order valence-electron chi connectivity index (χ2n) is 7.32. The van der Waals surface area contributed by atoms with Gasteiger partial charge in [0.15, 0.2) is 0 Å². The minimum atomic E-state index is -0.433. The molecule has 0 spiro atoms. The summed E-state index contributed by atoms with van der Waals surface area (Å²) < 4.78 is 5.51. The van der Waals surface area contributed by atoms with Gasteiger partial charge in [-0.2, -0.15) is 0 Å². The Labute approximate surface area is 133 Å². The molecule has 2 aliphatic heterocycles. The minimum Gasteiger partial charge on any atom is -0.460 e. The summed E-state index contributed by atoms with van der Waals surface area (Å²) in [6, 6.07) is 0.348. The molecule has 2 rings (SSSR count). The van der Waals surface area contributed by atoms with E-state index in [1.54, 1.807) is 6.92 Å². The molecule has 1 amide bonds. The molecule has 0 bridgehead atoms. The van der Waals surface area contributed by atoms with E-state index < -0.39 is 5.60 Å². The van der Waals surface area contributed by atoms with Crippen LogP contribution in [0.15, 0.2) is 0 Å². The molecule has 1 N–H and O–H groups in total. The zero-order chi connectivity index (χ0) is 16.3. The molecular formula is C16H29N3O3. The van der Waals surface area contributed by atoms with Crippen LogP contribution < -0.4 is 5.32 Å². The van der Waals surface area contributed by atoms with Crippen LogP contribution in [-0.2, 0) is 14.3 Å². The lowest BCUT2D eigenvalue weighted by Crippen LogP contribution is -2.57. The summed E-state index contributed by atoms with van der Waals surface area (Å²) in [7, 11) is 0. The number of esters is 1. The van der Waals surface area contributed by atoms with E-state index in [4.69, 9.17) is 4.74 Å². The lowest BCUT2D eigenvalue weighted by Gasteiger charge is -2.42. The second-order valence-corrected chi connectivity index (χ2v) is 7.32. The standard InChI is InChI=1S/C16H29N3O3/c1-12(20)18-5-7-19(8-6-18)14-9-13(10-17-11-14)15(21)22-16(2,3)4/h13-14,17H,5-11H2,1-4H3/t13-,14-/m1/s1. The van der Waals surface area contributed by atoms with Crippen molar-refractivity contribution < 1.29 is 14.3 Å². The summed E-state index contributed by atoms with van der Waals surface area (Å²) >= 11 is 0. The lowest BCUT2D eigenvalue weighted by molar-refractivity contribution is -0.161. The molecule has 2 saturated heterocycles. The van der Waals surface area contributed by atoms with E-state index in [0.717, 1.165) is 39.1 Å². The van der Waals surface area contributed by atoms with Crippen molar-refractivity contribution in [3.8, 4) is 0 Å². The maximum atomic E-state index is 12.2. The number of ether oxygens (including phenoxy) is 1. The molecule has 0 saturated carbocycles. The second kappa shape index (κ2) is 6.96. The Balaban J connectivity index is 1.86. The predicted molar refractivity (Wildman–Crippen MR) is 84.4 cm³/mol. The molecule has 6 nitrogen and oxygen atoms in total. The van der Waals surface area contributed by atoms with Gasteiger partial charge in [0.1, 0.15) is 5.60 Å². The Kier molecular flexibility index (Phi) is 5.45. The van der Waals surface area contributed by atoms with E-state index in [9.17, 15) is 9.59 Å². The highest BCUT2D eigenvalue weighted by Crippen LogP contribution is 2.21. The van der Waals surface area contributed by atoms with E-state index >= 15 is 0 Å². The van der Waals surface area contributed by atoms with Crippen LogP contribution in [0.2, 0.25) is 0 Å². The van der Waals surface area contributed by atoms with Gasteiger partial charge in [-0.3, -0.25) is 14.5 Å². The molecule has 2 atom stereocenters. The molecule has 0 radical (unpaired) electrons. The molecule has 2 aliphatic rings. The maximum Gasteiger partial charge on any atom is 0.310 e. The van der Waals surface area contributed by atoms with Gasteiger partial charge in [-0.25, -0.2) is 0 Å². The topological polar surface area (TPSA) is 61.9 Å². The van der Waals surface area contributed by atoms with Gasteiger partial charge in [0.05, 0.1) is 5.92 Å². The zero-order valence-electron chi connectivity index (χ0n) is 14.2. The molecule has 0 aromatic rings. The molecule has 22 heavy (non-hydrogen) atoms. The number of carbonyl (C=O) groups is 2. The summed E-state index contributed by atoms with van der Waals surface area (Å²) in [5.41, 5.74) is -0.433. The van der Waals surface area contributed by atoms with Gasteiger partial charge >= 0.3 is 5.97 Å². The molecule has 2 fully saturated rings. The number of nitrogens with zero attached hydrogens (tertiary/aromatic N) is 2. The third-order valence-electron chi connectivity index (χ3n) is 4.34. The summed E-state index contributed by atoms with van der Waals surface area (Å²) in [6.45, 7) is 12.2. The van der Waals surface area contributed by atoms with Gasteiger partial charge in [0.2, 0.25) is 5.91 Å². The molecule has 0 unspecified atom stereocenters. The largest absolute Gasteiger partial charge is 0.460 e. The SMILES string of the molecule is CC(=O)N1CCN([C@H]2CNC[C@H](C(=O)OC(C)(C)C)C2)CC1. The van der Waals surface area contributed by atoms with Crippen LogP contribution in [0.25, 0.3) is 0 Å². The van der Waals surface area contributed by atoms with Crippen molar-refractivity contribution in [2.45, 2.75) is 45.8 Å². The molecule has 6 heteroatoms. The van der Waals surface area contributed by atoms with Crippen LogP contribution in [0.4, 0.5) is 0 Å². The molecule has 0 aliphatic carbocycles. The van der Waals surface area contributed by atoms with E-state index in [-0.39, 0.29) is 17.8 Å². The molecule has 2 heterocycles. The van der Waals surface area contributed by atoms with Gasteiger partial charge in [0, 0.05) is 52.2 Å². The fourth-order valence-corrected chi connectivity index (χ4v) is 3.16. The monoisotopic (exact) mass is 311 g/mol. The minimum absolute atomic E-state index is 0.0798.